The summed E-state index contributed by atoms with van der Waals surface area (Å²) < 4.78 is 13.0. The highest BCUT2D eigenvalue weighted by Crippen LogP contribution is 2.48. The van der Waals surface area contributed by atoms with Crippen LogP contribution in [0, 0.1) is 0 Å². The lowest BCUT2D eigenvalue weighted by Crippen LogP contribution is -2.11. The number of hydrogen-bond acceptors (Lipinski definition) is 3. The molecule has 0 aliphatic heterocycles. The molecular formula is C52H33NO2. The SMILES string of the molecule is c1ccc(-c2ccc(N(c3ccc(-c4ccc5c(c4)oc4ccccc45)cc3)c3cccc4oc5c6ccccc6ccc5c34)c(-c3ccccc3)c2)cc1. The van der Waals surface area contributed by atoms with Gasteiger partial charge in [-0.3, -0.25) is 0 Å². The predicted octanol–water partition coefficient (Wildman–Crippen LogP) is 15.1. The highest BCUT2D eigenvalue weighted by Gasteiger charge is 2.23. The van der Waals surface area contributed by atoms with Gasteiger partial charge in [0.2, 0.25) is 0 Å². The predicted molar refractivity (Wildman–Crippen MR) is 229 cm³/mol. The maximum atomic E-state index is 6.72. The van der Waals surface area contributed by atoms with Gasteiger partial charge in [0.1, 0.15) is 22.3 Å². The van der Waals surface area contributed by atoms with E-state index in [1.807, 2.05) is 12.1 Å². The van der Waals surface area contributed by atoms with Crippen LogP contribution in [0.2, 0.25) is 0 Å². The van der Waals surface area contributed by atoms with E-state index in [2.05, 4.69) is 193 Å². The van der Waals surface area contributed by atoms with E-state index in [-0.39, 0.29) is 0 Å². The van der Waals surface area contributed by atoms with Crippen LogP contribution in [0.15, 0.2) is 209 Å². The van der Waals surface area contributed by atoms with Crippen molar-refractivity contribution in [3.8, 4) is 33.4 Å². The molecule has 0 fully saturated rings. The molecule has 0 N–H and O–H groups in total. The first-order chi connectivity index (χ1) is 27.3. The van der Waals surface area contributed by atoms with Crippen molar-refractivity contribution < 1.29 is 8.83 Å². The Labute approximate surface area is 317 Å². The van der Waals surface area contributed by atoms with Gasteiger partial charge < -0.3 is 13.7 Å². The third-order valence-corrected chi connectivity index (χ3v) is 10.9. The fraction of sp³-hybridized carbons (Fsp3) is 0. The zero-order valence-corrected chi connectivity index (χ0v) is 29.8. The number of para-hydroxylation sites is 1. The van der Waals surface area contributed by atoms with Crippen LogP contribution in [-0.4, -0.2) is 0 Å². The van der Waals surface area contributed by atoms with Crippen molar-refractivity contribution in [1.82, 2.24) is 0 Å². The second-order valence-corrected chi connectivity index (χ2v) is 14.1. The van der Waals surface area contributed by atoms with Crippen molar-refractivity contribution in [2.75, 3.05) is 4.90 Å². The summed E-state index contributed by atoms with van der Waals surface area (Å²) in [5.74, 6) is 0. The molecule has 3 nitrogen and oxygen atoms in total. The van der Waals surface area contributed by atoms with Gasteiger partial charge in [0.25, 0.3) is 0 Å². The van der Waals surface area contributed by atoms with E-state index in [0.717, 1.165) is 99.5 Å². The van der Waals surface area contributed by atoms with Gasteiger partial charge in [-0.15, -0.1) is 0 Å². The molecule has 0 bridgehead atoms. The van der Waals surface area contributed by atoms with Crippen molar-refractivity contribution in [3.05, 3.63) is 200 Å². The fourth-order valence-electron chi connectivity index (χ4n) is 8.23. The number of hydrogen-bond donors (Lipinski definition) is 0. The third kappa shape index (κ3) is 5.20. The molecule has 0 aliphatic carbocycles. The zero-order valence-electron chi connectivity index (χ0n) is 29.8. The van der Waals surface area contributed by atoms with E-state index in [0.29, 0.717) is 0 Å². The Bertz CT molecular complexity index is 3190. The molecule has 55 heavy (non-hydrogen) atoms. The van der Waals surface area contributed by atoms with E-state index in [1.54, 1.807) is 0 Å². The monoisotopic (exact) mass is 703 g/mol. The lowest BCUT2D eigenvalue weighted by Gasteiger charge is -2.29. The van der Waals surface area contributed by atoms with Gasteiger partial charge in [0.15, 0.2) is 0 Å². The summed E-state index contributed by atoms with van der Waals surface area (Å²) >= 11 is 0. The normalized spacial score (nSPS) is 11.6. The molecule has 0 saturated heterocycles. The number of anilines is 3. The number of furan rings is 2. The molecule has 2 heterocycles. The van der Waals surface area contributed by atoms with Crippen molar-refractivity contribution in [3.63, 3.8) is 0 Å². The molecule has 0 atom stereocenters. The van der Waals surface area contributed by atoms with Crippen LogP contribution in [0.4, 0.5) is 17.1 Å². The van der Waals surface area contributed by atoms with Gasteiger partial charge >= 0.3 is 0 Å². The van der Waals surface area contributed by atoms with Gasteiger partial charge in [0, 0.05) is 32.8 Å². The molecule has 9 aromatic carbocycles. The summed E-state index contributed by atoms with van der Waals surface area (Å²) in [4.78, 5) is 2.40. The Morgan fingerprint density at radius 1 is 0.327 bits per heavy atom. The van der Waals surface area contributed by atoms with E-state index >= 15 is 0 Å². The maximum absolute atomic E-state index is 6.72. The van der Waals surface area contributed by atoms with Crippen LogP contribution in [0.1, 0.15) is 0 Å². The molecule has 11 aromatic rings. The molecule has 0 unspecified atom stereocenters. The van der Waals surface area contributed by atoms with Crippen molar-refractivity contribution in [2.45, 2.75) is 0 Å². The molecule has 0 saturated carbocycles. The number of fused-ring (bicyclic) bond motifs is 8. The van der Waals surface area contributed by atoms with E-state index in [1.165, 1.54) is 5.56 Å². The van der Waals surface area contributed by atoms with Crippen molar-refractivity contribution in [2.24, 2.45) is 0 Å². The third-order valence-electron chi connectivity index (χ3n) is 10.9. The summed E-state index contributed by atoms with van der Waals surface area (Å²) in [6.45, 7) is 0. The molecule has 0 aliphatic rings. The van der Waals surface area contributed by atoms with E-state index in [4.69, 9.17) is 8.83 Å². The van der Waals surface area contributed by atoms with Crippen LogP contribution in [0.25, 0.3) is 88.0 Å². The van der Waals surface area contributed by atoms with Crippen molar-refractivity contribution >= 4 is 71.7 Å². The Kier molecular flexibility index (Phi) is 7.17. The summed E-state index contributed by atoms with van der Waals surface area (Å²) in [6.07, 6.45) is 0. The van der Waals surface area contributed by atoms with Crippen LogP contribution >= 0.6 is 0 Å². The summed E-state index contributed by atoms with van der Waals surface area (Å²) in [5, 5.41) is 6.70. The average molecular weight is 704 g/mol. The van der Waals surface area contributed by atoms with Crippen LogP contribution in [0.3, 0.4) is 0 Å². The van der Waals surface area contributed by atoms with Crippen LogP contribution in [-0.2, 0) is 0 Å². The Balaban J connectivity index is 1.13. The van der Waals surface area contributed by atoms with Crippen LogP contribution < -0.4 is 4.90 Å². The first kappa shape index (κ1) is 31.2. The van der Waals surface area contributed by atoms with E-state index < -0.39 is 0 Å². The zero-order chi connectivity index (χ0) is 36.3. The van der Waals surface area contributed by atoms with Gasteiger partial charge in [0.05, 0.1) is 16.8 Å². The molecular weight excluding hydrogens is 671 g/mol. The molecule has 0 spiro atoms. The Morgan fingerprint density at radius 2 is 0.945 bits per heavy atom. The molecule has 258 valence electrons. The summed E-state index contributed by atoms with van der Waals surface area (Å²) in [7, 11) is 0. The lowest BCUT2D eigenvalue weighted by atomic mass is 9.95. The molecule has 3 heteroatoms. The Morgan fingerprint density at radius 3 is 1.78 bits per heavy atom. The highest BCUT2D eigenvalue weighted by atomic mass is 16.3. The topological polar surface area (TPSA) is 29.5 Å². The standard InChI is InChI=1S/C52H33NO2/c1-3-12-34(13-4-1)38-26-31-46(45(32-38)36-14-5-2-6-15-36)53(47-19-11-21-49-51(47)44-30-24-37-16-7-8-17-41(37)52(44)55-49)40-27-22-35(23-28-40)39-25-29-43-42-18-9-10-20-48(42)54-50(43)33-39/h1-33H. The van der Waals surface area contributed by atoms with Gasteiger partial charge in [-0.2, -0.15) is 0 Å². The Hall–Kier alpha value is -7.36. The fourth-order valence-corrected chi connectivity index (χ4v) is 8.23. The second kappa shape index (κ2) is 12.6. The number of benzene rings is 9. The quantitative estimate of drug-likeness (QED) is 0.173. The number of rotatable bonds is 6. The largest absolute Gasteiger partial charge is 0.456 e. The minimum Gasteiger partial charge on any atom is -0.456 e. The number of nitrogens with zero attached hydrogens (tertiary/aromatic N) is 1. The smallest absolute Gasteiger partial charge is 0.143 e. The lowest BCUT2D eigenvalue weighted by molar-refractivity contribution is 0.669. The van der Waals surface area contributed by atoms with Gasteiger partial charge in [-0.1, -0.05) is 140 Å². The molecule has 2 aromatic heterocycles. The van der Waals surface area contributed by atoms with Gasteiger partial charge in [-0.05, 0) is 93.9 Å². The first-order valence-electron chi connectivity index (χ1n) is 18.7. The molecule has 11 rings (SSSR count). The second-order valence-electron chi connectivity index (χ2n) is 14.1. The minimum absolute atomic E-state index is 0.853. The summed E-state index contributed by atoms with van der Waals surface area (Å²) in [6, 6.07) is 71.0. The van der Waals surface area contributed by atoms with E-state index in [9.17, 15) is 0 Å². The minimum atomic E-state index is 0.853. The first-order valence-corrected chi connectivity index (χ1v) is 18.7. The maximum Gasteiger partial charge on any atom is 0.143 e. The average Bonchev–Trinajstić information content (AvgIpc) is 3.84. The summed E-state index contributed by atoms with van der Waals surface area (Å²) in [5.41, 5.74) is 13.6. The molecule has 0 amide bonds. The highest BCUT2D eigenvalue weighted by molar-refractivity contribution is 6.20. The van der Waals surface area contributed by atoms with Crippen LogP contribution in [0.5, 0.6) is 0 Å². The van der Waals surface area contributed by atoms with Gasteiger partial charge in [-0.25, -0.2) is 0 Å². The van der Waals surface area contributed by atoms with Crippen molar-refractivity contribution in [1.29, 1.82) is 0 Å². The molecule has 0 radical (unpaired) electrons.